The van der Waals surface area contributed by atoms with Crippen molar-refractivity contribution >= 4 is 33.5 Å². The summed E-state index contributed by atoms with van der Waals surface area (Å²) >= 11 is 0. The van der Waals surface area contributed by atoms with Crippen molar-refractivity contribution in [2.45, 2.75) is 32.1 Å². The summed E-state index contributed by atoms with van der Waals surface area (Å²) in [4.78, 5) is 32.4. The third kappa shape index (κ3) is 6.87. The van der Waals surface area contributed by atoms with Gasteiger partial charge in [0.05, 0.1) is 40.5 Å². The van der Waals surface area contributed by atoms with Gasteiger partial charge in [-0.2, -0.15) is 5.10 Å². The lowest BCUT2D eigenvalue weighted by Gasteiger charge is -2.21. The van der Waals surface area contributed by atoms with Gasteiger partial charge in [0.1, 0.15) is 29.4 Å². The molecular weight excluding hydrogens is 621 g/mol. The summed E-state index contributed by atoms with van der Waals surface area (Å²) < 4.78 is 20.8. The number of benzene rings is 1. The summed E-state index contributed by atoms with van der Waals surface area (Å²) in [6.45, 7) is 5.43. The van der Waals surface area contributed by atoms with Crippen molar-refractivity contribution in [3.8, 4) is 39.5 Å². The fourth-order valence-electron chi connectivity index (χ4n) is 6.97. The van der Waals surface area contributed by atoms with Crippen LogP contribution in [0.15, 0.2) is 67.3 Å². The summed E-state index contributed by atoms with van der Waals surface area (Å²) in [5.41, 5.74) is 7.21. The van der Waals surface area contributed by atoms with Crippen molar-refractivity contribution in [2.75, 3.05) is 44.6 Å². The van der Waals surface area contributed by atoms with Gasteiger partial charge in [0, 0.05) is 47.9 Å². The molecule has 49 heavy (non-hydrogen) atoms. The molecule has 0 saturated carbocycles. The van der Waals surface area contributed by atoms with Crippen LogP contribution >= 0.6 is 0 Å². The number of carbonyl (C=O) groups is 1. The summed E-state index contributed by atoms with van der Waals surface area (Å²) in [6.07, 6.45) is 11.8. The third-order valence-electron chi connectivity index (χ3n) is 9.52. The van der Waals surface area contributed by atoms with Crippen LogP contribution in [-0.4, -0.2) is 80.3 Å². The van der Waals surface area contributed by atoms with Crippen LogP contribution in [0.25, 0.3) is 55.7 Å². The second-order valence-corrected chi connectivity index (χ2v) is 13.0. The maximum Gasteiger partial charge on any atom is 0.224 e. The van der Waals surface area contributed by atoms with Gasteiger partial charge in [-0.15, -0.1) is 0 Å². The van der Waals surface area contributed by atoms with E-state index in [2.05, 4.69) is 40.7 Å². The number of nitrogens with zero attached hydrogens (tertiary/aromatic N) is 5. The number of ether oxygens (including phenoxy) is 1. The quantitative estimate of drug-likeness (QED) is 0.137. The van der Waals surface area contributed by atoms with Gasteiger partial charge in [-0.1, -0.05) is 0 Å². The number of fused-ring (bicyclic) bond motifs is 2. The van der Waals surface area contributed by atoms with Gasteiger partial charge in [0.25, 0.3) is 0 Å². The molecule has 7 heterocycles. The number of halogens is 1. The minimum absolute atomic E-state index is 0.00133. The average Bonchev–Trinajstić information content (AvgIpc) is 3.88. The zero-order valence-electron chi connectivity index (χ0n) is 27.1. The van der Waals surface area contributed by atoms with E-state index in [9.17, 15) is 9.18 Å². The van der Waals surface area contributed by atoms with Crippen molar-refractivity contribution in [2.24, 2.45) is 5.92 Å². The molecule has 0 bridgehead atoms. The predicted molar refractivity (Wildman–Crippen MR) is 188 cm³/mol. The largest absolute Gasteiger partial charge is 0.492 e. The summed E-state index contributed by atoms with van der Waals surface area (Å²) in [7, 11) is 0. The zero-order chi connectivity index (χ0) is 33.2. The molecule has 1 amide bonds. The molecule has 2 aliphatic heterocycles. The standard InChI is InChI=1S/C37H38FN9O2/c38-26-14-24(16-28(17-26)49-12-11-47-9-1-2-10-47)30-21-41-22-34-29(30)18-33(43-34)37-36-32(45-46-37)4-3-31(44-36)25-15-27(20-40-19-25)42-35(48)13-23-5-7-39-8-6-23/h3-4,14-23,39,43H,1-2,5-13H2,(H,42,48)(H,45,46). The molecule has 1 aromatic carbocycles. The molecule has 2 aliphatic rings. The predicted octanol–water partition coefficient (Wildman–Crippen LogP) is 6.17. The highest BCUT2D eigenvalue weighted by Gasteiger charge is 2.19. The lowest BCUT2D eigenvalue weighted by Crippen LogP contribution is -2.30. The van der Waals surface area contributed by atoms with Gasteiger partial charge in [0.2, 0.25) is 5.91 Å². The van der Waals surface area contributed by atoms with Gasteiger partial charge >= 0.3 is 0 Å². The molecule has 6 aromatic rings. The lowest BCUT2D eigenvalue weighted by atomic mass is 9.94. The molecule has 8 rings (SSSR count). The van der Waals surface area contributed by atoms with E-state index in [1.54, 1.807) is 24.8 Å². The summed E-state index contributed by atoms with van der Waals surface area (Å²) in [5, 5.41) is 14.9. The van der Waals surface area contributed by atoms with Crippen molar-refractivity contribution in [1.29, 1.82) is 0 Å². The number of hydrogen-bond donors (Lipinski definition) is 4. The number of piperidine rings is 1. The van der Waals surface area contributed by atoms with E-state index in [1.807, 2.05) is 30.3 Å². The van der Waals surface area contributed by atoms with Gasteiger partial charge in [-0.3, -0.25) is 24.8 Å². The summed E-state index contributed by atoms with van der Waals surface area (Å²) in [5.74, 6) is 0.527. The molecule has 2 saturated heterocycles. The van der Waals surface area contributed by atoms with Gasteiger partial charge in [-0.05, 0) is 99.7 Å². The average molecular weight is 660 g/mol. The number of hydrogen-bond acceptors (Lipinski definition) is 8. The first kappa shape index (κ1) is 31.1. The molecule has 250 valence electrons. The van der Waals surface area contributed by atoms with Crippen molar-refractivity contribution < 1.29 is 13.9 Å². The second kappa shape index (κ2) is 13.7. The van der Waals surface area contributed by atoms with E-state index in [0.29, 0.717) is 52.9 Å². The number of amides is 1. The van der Waals surface area contributed by atoms with Crippen molar-refractivity contribution in [3.05, 3.63) is 73.1 Å². The van der Waals surface area contributed by atoms with Crippen LogP contribution in [0.3, 0.4) is 0 Å². The van der Waals surface area contributed by atoms with E-state index < -0.39 is 0 Å². The molecule has 11 nitrogen and oxygen atoms in total. The highest BCUT2D eigenvalue weighted by molar-refractivity contribution is 6.00. The molecule has 0 radical (unpaired) electrons. The van der Waals surface area contributed by atoms with E-state index in [4.69, 9.17) is 9.72 Å². The molecular formula is C37H38FN9O2. The van der Waals surface area contributed by atoms with Crippen LogP contribution in [0, 0.1) is 11.7 Å². The lowest BCUT2D eigenvalue weighted by molar-refractivity contribution is -0.117. The molecule has 4 N–H and O–H groups in total. The third-order valence-corrected chi connectivity index (χ3v) is 9.52. The topological polar surface area (TPSA) is 137 Å². The summed E-state index contributed by atoms with van der Waals surface area (Å²) in [6, 6.07) is 12.5. The van der Waals surface area contributed by atoms with Crippen LogP contribution < -0.4 is 15.4 Å². The van der Waals surface area contributed by atoms with Gasteiger partial charge < -0.3 is 20.4 Å². The van der Waals surface area contributed by atoms with E-state index in [1.165, 1.54) is 25.0 Å². The Morgan fingerprint density at radius 2 is 1.82 bits per heavy atom. The molecule has 2 fully saturated rings. The number of aromatic amines is 2. The number of H-pyrrole nitrogens is 2. The number of nitrogens with one attached hydrogen (secondary N) is 4. The Morgan fingerprint density at radius 3 is 2.69 bits per heavy atom. The zero-order valence-corrected chi connectivity index (χ0v) is 27.1. The molecule has 5 aromatic heterocycles. The molecule has 0 atom stereocenters. The van der Waals surface area contributed by atoms with Gasteiger partial charge in [0.15, 0.2) is 0 Å². The SMILES string of the molecule is O=C(CC1CCNCC1)Nc1cncc(-c2ccc3[nH]nc(-c4cc5c(-c6cc(F)cc(OCCN7CCCC7)c6)cncc5[nH]4)c3n2)c1. The maximum atomic E-state index is 14.8. The number of carbonyl (C=O) groups excluding carboxylic acids is 1. The minimum atomic E-state index is -0.364. The Morgan fingerprint density at radius 1 is 0.959 bits per heavy atom. The molecule has 0 spiro atoms. The minimum Gasteiger partial charge on any atom is -0.492 e. The van der Waals surface area contributed by atoms with E-state index in [-0.39, 0.29) is 11.7 Å². The number of aromatic nitrogens is 6. The Bertz CT molecular complexity index is 2110. The monoisotopic (exact) mass is 659 g/mol. The number of pyridine rings is 3. The first-order chi connectivity index (χ1) is 24.1. The van der Waals surface area contributed by atoms with Crippen LogP contribution in [0.5, 0.6) is 5.75 Å². The van der Waals surface area contributed by atoms with Crippen LogP contribution in [-0.2, 0) is 4.79 Å². The first-order valence-electron chi connectivity index (χ1n) is 17.0. The van der Waals surface area contributed by atoms with Crippen molar-refractivity contribution in [3.63, 3.8) is 0 Å². The van der Waals surface area contributed by atoms with Crippen molar-refractivity contribution in [1.82, 2.24) is 40.3 Å². The van der Waals surface area contributed by atoms with E-state index >= 15 is 0 Å². The highest BCUT2D eigenvalue weighted by atomic mass is 19.1. The first-order valence-corrected chi connectivity index (χ1v) is 17.0. The Labute approximate surface area is 282 Å². The fourth-order valence-corrected chi connectivity index (χ4v) is 6.97. The number of rotatable bonds is 10. The highest BCUT2D eigenvalue weighted by Crippen LogP contribution is 2.35. The number of anilines is 1. The van der Waals surface area contributed by atoms with E-state index in [0.717, 1.165) is 78.8 Å². The molecule has 0 aliphatic carbocycles. The Kier molecular flexibility index (Phi) is 8.71. The Hall–Kier alpha value is -5.20. The van der Waals surface area contributed by atoms with Crippen LogP contribution in [0.2, 0.25) is 0 Å². The van der Waals surface area contributed by atoms with Crippen LogP contribution in [0.1, 0.15) is 32.1 Å². The fraction of sp³-hybridized carbons (Fsp3) is 0.324. The smallest absolute Gasteiger partial charge is 0.224 e. The number of likely N-dealkylation sites (tertiary alicyclic amines) is 1. The maximum absolute atomic E-state index is 14.8. The molecule has 0 unspecified atom stereocenters. The second-order valence-electron chi connectivity index (χ2n) is 13.0. The Balaban J connectivity index is 1.05. The van der Waals surface area contributed by atoms with Gasteiger partial charge in [-0.25, -0.2) is 9.37 Å². The molecule has 12 heteroatoms. The normalized spacial score (nSPS) is 15.7. The van der Waals surface area contributed by atoms with Crippen LogP contribution in [0.4, 0.5) is 10.1 Å².